The minimum atomic E-state index is -0.398. The highest BCUT2D eigenvalue weighted by atomic mass is 16.5. The van der Waals surface area contributed by atoms with E-state index in [1.165, 1.54) is 36.0 Å². The molecule has 1 fully saturated rings. The van der Waals surface area contributed by atoms with Crippen molar-refractivity contribution in [2.45, 2.75) is 56.3 Å². The van der Waals surface area contributed by atoms with Crippen molar-refractivity contribution < 1.29 is 9.47 Å². The molecule has 7 rings (SSSR count). The van der Waals surface area contributed by atoms with Gasteiger partial charge in [0.1, 0.15) is 11.5 Å². The molecule has 0 bridgehead atoms. The van der Waals surface area contributed by atoms with Crippen LogP contribution in [0.2, 0.25) is 0 Å². The summed E-state index contributed by atoms with van der Waals surface area (Å²) in [5, 5.41) is 7.57. The van der Waals surface area contributed by atoms with Crippen LogP contribution in [0.4, 0.5) is 0 Å². The van der Waals surface area contributed by atoms with E-state index < -0.39 is 5.72 Å². The van der Waals surface area contributed by atoms with E-state index in [4.69, 9.17) is 14.6 Å². The average molecular weight is 480 g/mol. The van der Waals surface area contributed by atoms with E-state index in [9.17, 15) is 0 Å². The second kappa shape index (κ2) is 8.67. The monoisotopic (exact) mass is 479 g/mol. The Balaban J connectivity index is 1.20. The number of fused-ring (bicyclic) bond motifs is 5. The Morgan fingerprint density at radius 2 is 1.72 bits per heavy atom. The van der Waals surface area contributed by atoms with Crippen molar-refractivity contribution in [2.24, 2.45) is 5.10 Å². The molecule has 1 spiro atoms. The van der Waals surface area contributed by atoms with Gasteiger partial charge >= 0.3 is 0 Å². The molecular weight excluding hydrogens is 446 g/mol. The third kappa shape index (κ3) is 3.52. The Bertz CT molecular complexity index is 1310. The fourth-order valence-electron chi connectivity index (χ4n) is 6.83. The zero-order valence-corrected chi connectivity index (χ0v) is 20.9. The van der Waals surface area contributed by atoms with Gasteiger partial charge in [-0.25, -0.2) is 5.01 Å². The van der Waals surface area contributed by atoms with Gasteiger partial charge in [0.2, 0.25) is 5.72 Å². The smallest absolute Gasteiger partial charge is 0.200 e. The van der Waals surface area contributed by atoms with Crippen molar-refractivity contribution in [3.63, 3.8) is 0 Å². The van der Waals surface area contributed by atoms with E-state index in [1.807, 2.05) is 6.07 Å². The minimum Gasteiger partial charge on any atom is -0.497 e. The Labute approximate surface area is 213 Å². The molecule has 1 saturated heterocycles. The molecule has 0 radical (unpaired) electrons. The molecule has 4 aliphatic rings. The molecule has 36 heavy (non-hydrogen) atoms. The lowest BCUT2D eigenvalue weighted by atomic mass is 9.84. The maximum Gasteiger partial charge on any atom is 0.200 e. The van der Waals surface area contributed by atoms with E-state index in [2.05, 4.69) is 76.6 Å². The lowest BCUT2D eigenvalue weighted by Crippen LogP contribution is -2.59. The van der Waals surface area contributed by atoms with Crippen LogP contribution < -0.4 is 9.47 Å². The first-order chi connectivity index (χ1) is 17.7. The Hall–Kier alpha value is -3.31. The van der Waals surface area contributed by atoms with Gasteiger partial charge in [0.15, 0.2) is 0 Å². The summed E-state index contributed by atoms with van der Waals surface area (Å²) in [4.78, 5) is 2.70. The van der Waals surface area contributed by atoms with Gasteiger partial charge in [0.25, 0.3) is 0 Å². The third-order valence-corrected chi connectivity index (χ3v) is 8.67. The number of hydrogen-bond donors (Lipinski definition) is 0. The van der Waals surface area contributed by atoms with Crippen LogP contribution in [-0.2, 0) is 6.42 Å². The van der Waals surface area contributed by atoms with Crippen molar-refractivity contribution in [3.8, 4) is 11.5 Å². The Morgan fingerprint density at radius 1 is 0.917 bits per heavy atom. The molecule has 3 aliphatic heterocycles. The van der Waals surface area contributed by atoms with E-state index in [-0.39, 0.29) is 6.04 Å². The van der Waals surface area contributed by atoms with Crippen molar-refractivity contribution in [1.82, 2.24) is 9.91 Å². The molecule has 2 atom stereocenters. The number of para-hydroxylation sites is 1. The number of piperidine rings is 1. The fraction of sp³-hybridized carbons (Fsp3) is 0.387. The predicted octanol–water partition coefficient (Wildman–Crippen LogP) is 6.11. The van der Waals surface area contributed by atoms with Gasteiger partial charge in [-0.1, -0.05) is 54.6 Å². The number of ether oxygens (including phenoxy) is 2. The summed E-state index contributed by atoms with van der Waals surface area (Å²) >= 11 is 0. The van der Waals surface area contributed by atoms with Crippen molar-refractivity contribution >= 4 is 5.71 Å². The quantitative estimate of drug-likeness (QED) is 0.454. The van der Waals surface area contributed by atoms with E-state index in [1.54, 1.807) is 7.11 Å². The van der Waals surface area contributed by atoms with Crippen molar-refractivity contribution in [1.29, 1.82) is 0 Å². The predicted molar refractivity (Wildman–Crippen MR) is 141 cm³/mol. The Morgan fingerprint density at radius 3 is 2.58 bits per heavy atom. The molecule has 0 saturated carbocycles. The molecule has 184 valence electrons. The summed E-state index contributed by atoms with van der Waals surface area (Å²) < 4.78 is 12.4. The van der Waals surface area contributed by atoms with Gasteiger partial charge in [-0.3, -0.25) is 4.90 Å². The highest BCUT2D eigenvalue weighted by molar-refractivity contribution is 6.02. The van der Waals surface area contributed by atoms with Crippen LogP contribution in [0, 0.1) is 0 Å². The summed E-state index contributed by atoms with van der Waals surface area (Å²) in [5.74, 6) is 1.89. The third-order valence-electron chi connectivity index (χ3n) is 8.67. The lowest BCUT2D eigenvalue weighted by molar-refractivity contribution is -0.153. The van der Waals surface area contributed by atoms with Gasteiger partial charge in [0.05, 0.1) is 18.9 Å². The van der Waals surface area contributed by atoms with Crippen LogP contribution in [0.15, 0.2) is 77.9 Å². The Kier molecular flexibility index (Phi) is 5.28. The summed E-state index contributed by atoms with van der Waals surface area (Å²) in [6.45, 7) is 2.04. The molecule has 3 heterocycles. The lowest BCUT2D eigenvalue weighted by Gasteiger charge is -2.52. The number of likely N-dealkylation sites (tertiary alicyclic amines) is 1. The molecule has 0 amide bonds. The summed E-state index contributed by atoms with van der Waals surface area (Å²) in [6, 6.07) is 26.6. The van der Waals surface area contributed by atoms with E-state index >= 15 is 0 Å². The number of aryl methyl sites for hydroxylation is 1. The first-order valence-electron chi connectivity index (χ1n) is 13.4. The van der Waals surface area contributed by atoms with Gasteiger partial charge in [0, 0.05) is 49.5 Å². The molecule has 5 heteroatoms. The number of hydrazone groups is 1. The summed E-state index contributed by atoms with van der Waals surface area (Å²) in [7, 11) is 1.72. The minimum absolute atomic E-state index is 0.207. The number of methoxy groups -OCH3 is 1. The first kappa shape index (κ1) is 21.9. The van der Waals surface area contributed by atoms with Crippen LogP contribution in [0.25, 0.3) is 0 Å². The van der Waals surface area contributed by atoms with Crippen LogP contribution in [0.5, 0.6) is 11.5 Å². The maximum atomic E-state index is 6.88. The largest absolute Gasteiger partial charge is 0.497 e. The maximum absolute atomic E-state index is 6.88. The normalized spacial score (nSPS) is 24.4. The SMILES string of the molecule is COc1cccc(C2=NN3[C@@H](C2)c2ccccc2OC32CCN([C@@H]3CCCc4ccccc43)CC2)c1. The standard InChI is InChI=1S/C31H33N3O2/c1-35-24-11-6-10-23(20-24)27-21-29-26-13-4-5-15-30(26)36-31(34(29)32-27)16-18-33(19-17-31)28-14-7-9-22-8-2-3-12-25(22)28/h2-6,8,10-13,15,20,28-29H,7,9,14,16-19,21H2,1H3/t28-,29+/m1/s1. The highest BCUT2D eigenvalue weighted by Gasteiger charge is 2.52. The number of nitrogens with zero attached hydrogens (tertiary/aromatic N) is 3. The van der Waals surface area contributed by atoms with Gasteiger partial charge in [-0.05, 0) is 48.6 Å². The molecule has 0 aromatic heterocycles. The number of rotatable bonds is 3. The van der Waals surface area contributed by atoms with Gasteiger partial charge in [-0.2, -0.15) is 5.10 Å². The van der Waals surface area contributed by atoms with Crippen molar-refractivity contribution in [3.05, 3.63) is 95.1 Å². The van der Waals surface area contributed by atoms with Crippen LogP contribution in [-0.4, -0.2) is 41.5 Å². The molecule has 5 nitrogen and oxygen atoms in total. The van der Waals surface area contributed by atoms with Gasteiger partial charge < -0.3 is 9.47 Å². The van der Waals surface area contributed by atoms with E-state index in [0.717, 1.165) is 55.1 Å². The second-order valence-corrected chi connectivity index (χ2v) is 10.6. The first-order valence-corrected chi connectivity index (χ1v) is 13.4. The average Bonchev–Trinajstić information content (AvgIpc) is 3.41. The van der Waals surface area contributed by atoms with Crippen LogP contribution >= 0.6 is 0 Å². The zero-order chi connectivity index (χ0) is 24.1. The van der Waals surface area contributed by atoms with Crippen molar-refractivity contribution in [2.75, 3.05) is 20.2 Å². The van der Waals surface area contributed by atoms with Crippen LogP contribution in [0.1, 0.15) is 66.4 Å². The molecule has 3 aromatic rings. The zero-order valence-electron chi connectivity index (χ0n) is 20.9. The molecule has 0 unspecified atom stereocenters. The topological polar surface area (TPSA) is 37.3 Å². The molecule has 1 aliphatic carbocycles. The second-order valence-electron chi connectivity index (χ2n) is 10.6. The van der Waals surface area contributed by atoms with E-state index in [0.29, 0.717) is 6.04 Å². The number of hydrogen-bond acceptors (Lipinski definition) is 5. The molecule has 3 aromatic carbocycles. The highest BCUT2D eigenvalue weighted by Crippen LogP contribution is 2.51. The fourth-order valence-corrected chi connectivity index (χ4v) is 6.83. The molecular formula is C31H33N3O2. The number of benzene rings is 3. The van der Waals surface area contributed by atoms with Crippen LogP contribution in [0.3, 0.4) is 0 Å². The summed E-state index contributed by atoms with van der Waals surface area (Å²) in [6.07, 6.45) is 6.52. The van der Waals surface area contributed by atoms with Gasteiger partial charge in [-0.15, -0.1) is 0 Å². The molecule has 0 N–H and O–H groups in total. The summed E-state index contributed by atoms with van der Waals surface area (Å²) in [5.41, 5.74) is 6.16.